The average Bonchev–Trinajstić information content (AvgIpc) is 2.36. The Hall–Kier alpha value is -1.54. The molecule has 0 saturated heterocycles. The van der Waals surface area contributed by atoms with Crippen molar-refractivity contribution >= 4 is 46.3 Å². The molecular formula is C11H5Cl3N4. The molecule has 0 bridgehead atoms. The molecule has 2 aromatic rings. The summed E-state index contributed by atoms with van der Waals surface area (Å²) in [6, 6.07) is 6.83. The van der Waals surface area contributed by atoms with E-state index in [4.69, 9.17) is 40.1 Å². The first-order valence-electron chi connectivity index (χ1n) is 4.75. The van der Waals surface area contributed by atoms with Crippen LogP contribution in [0.5, 0.6) is 0 Å². The molecule has 1 N–H and O–H groups in total. The number of aromatic nitrogens is 2. The van der Waals surface area contributed by atoms with E-state index < -0.39 is 0 Å². The summed E-state index contributed by atoms with van der Waals surface area (Å²) < 4.78 is 0. The van der Waals surface area contributed by atoms with Crippen LogP contribution in [0.4, 0.5) is 11.5 Å². The molecule has 0 aliphatic carbocycles. The van der Waals surface area contributed by atoms with Crippen LogP contribution in [0.3, 0.4) is 0 Å². The fourth-order valence-electron chi connectivity index (χ4n) is 1.25. The maximum atomic E-state index is 8.82. The molecule has 0 unspecified atom stereocenters. The van der Waals surface area contributed by atoms with Gasteiger partial charge in [0.15, 0.2) is 5.82 Å². The number of nitriles is 1. The van der Waals surface area contributed by atoms with Crippen molar-refractivity contribution in [1.29, 1.82) is 5.26 Å². The van der Waals surface area contributed by atoms with Crippen molar-refractivity contribution in [3.05, 3.63) is 45.3 Å². The summed E-state index contributed by atoms with van der Waals surface area (Å²) in [4.78, 5) is 7.67. The molecule has 1 aromatic heterocycles. The maximum absolute atomic E-state index is 8.82. The van der Waals surface area contributed by atoms with Gasteiger partial charge in [0.05, 0.1) is 28.5 Å². The van der Waals surface area contributed by atoms with Crippen molar-refractivity contribution in [1.82, 2.24) is 9.97 Å². The Labute approximate surface area is 118 Å². The minimum absolute atomic E-state index is 0.0643. The molecule has 2 rings (SSSR count). The first-order valence-corrected chi connectivity index (χ1v) is 5.88. The minimum atomic E-state index is 0.0643. The molecule has 1 aromatic carbocycles. The lowest BCUT2D eigenvalue weighted by Crippen LogP contribution is -1.97. The van der Waals surface area contributed by atoms with Gasteiger partial charge in [0.2, 0.25) is 5.28 Å². The topological polar surface area (TPSA) is 61.6 Å². The third kappa shape index (κ3) is 2.82. The Kier molecular flexibility index (Phi) is 3.87. The Balaban J connectivity index is 2.39. The summed E-state index contributed by atoms with van der Waals surface area (Å²) in [6.45, 7) is 0. The monoisotopic (exact) mass is 298 g/mol. The molecule has 0 radical (unpaired) electrons. The van der Waals surface area contributed by atoms with Crippen molar-refractivity contribution in [3.63, 3.8) is 0 Å². The minimum Gasteiger partial charge on any atom is -0.338 e. The summed E-state index contributed by atoms with van der Waals surface area (Å²) in [5, 5.41) is 12.5. The van der Waals surface area contributed by atoms with E-state index in [9.17, 15) is 0 Å². The van der Waals surface area contributed by atoms with Gasteiger partial charge < -0.3 is 5.32 Å². The number of hydrogen-bond acceptors (Lipinski definition) is 4. The van der Waals surface area contributed by atoms with Gasteiger partial charge in [-0.1, -0.05) is 23.2 Å². The van der Waals surface area contributed by atoms with Gasteiger partial charge in [-0.25, -0.2) is 4.98 Å². The van der Waals surface area contributed by atoms with Gasteiger partial charge in [0, 0.05) is 0 Å². The van der Waals surface area contributed by atoms with E-state index in [2.05, 4.69) is 15.3 Å². The van der Waals surface area contributed by atoms with Crippen LogP contribution in [0.2, 0.25) is 15.3 Å². The first kappa shape index (κ1) is 12.9. The first-order chi connectivity index (χ1) is 8.60. The second kappa shape index (κ2) is 5.40. The van der Waals surface area contributed by atoms with E-state index >= 15 is 0 Å². The molecule has 1 heterocycles. The molecule has 0 fully saturated rings. The summed E-state index contributed by atoms with van der Waals surface area (Å²) in [6.07, 6.45) is 1.38. The predicted octanol–water partition coefficient (Wildman–Crippen LogP) is 4.05. The molecule has 18 heavy (non-hydrogen) atoms. The van der Waals surface area contributed by atoms with Crippen LogP contribution in [-0.2, 0) is 0 Å². The summed E-state index contributed by atoms with van der Waals surface area (Å²) in [5.74, 6) is 0.327. The van der Waals surface area contributed by atoms with Gasteiger partial charge in [-0.2, -0.15) is 10.2 Å². The summed E-state index contributed by atoms with van der Waals surface area (Å²) in [5.41, 5.74) is 0.991. The number of benzene rings is 1. The van der Waals surface area contributed by atoms with Gasteiger partial charge in [-0.15, -0.1) is 0 Å². The number of hydrogen-bond donors (Lipinski definition) is 1. The summed E-state index contributed by atoms with van der Waals surface area (Å²) in [7, 11) is 0. The molecule has 0 spiro atoms. The zero-order valence-corrected chi connectivity index (χ0v) is 11.1. The normalized spacial score (nSPS) is 9.89. The Morgan fingerprint density at radius 3 is 2.67 bits per heavy atom. The summed E-state index contributed by atoms with van der Waals surface area (Å²) >= 11 is 17.6. The molecule has 0 amide bonds. The quantitative estimate of drug-likeness (QED) is 0.850. The highest BCUT2D eigenvalue weighted by molar-refractivity contribution is 6.35. The molecule has 0 aliphatic rings. The van der Waals surface area contributed by atoms with Gasteiger partial charge in [-0.05, 0) is 29.8 Å². The van der Waals surface area contributed by atoms with Crippen LogP contribution in [0.1, 0.15) is 5.56 Å². The largest absolute Gasteiger partial charge is 0.338 e. The van der Waals surface area contributed by atoms with Crippen molar-refractivity contribution in [2.24, 2.45) is 0 Å². The van der Waals surface area contributed by atoms with E-state index in [-0.39, 0.29) is 5.28 Å². The van der Waals surface area contributed by atoms with Crippen LogP contribution < -0.4 is 5.32 Å². The maximum Gasteiger partial charge on any atom is 0.224 e. The van der Waals surface area contributed by atoms with E-state index in [1.54, 1.807) is 18.2 Å². The van der Waals surface area contributed by atoms with Crippen LogP contribution >= 0.6 is 34.8 Å². The number of nitrogens with one attached hydrogen (secondary N) is 1. The average molecular weight is 300 g/mol. The SMILES string of the molecule is N#Cc1ccc(Cl)c(Nc2nc(Cl)ncc2Cl)c1. The van der Waals surface area contributed by atoms with Crippen LogP contribution in [-0.4, -0.2) is 9.97 Å². The predicted molar refractivity (Wildman–Crippen MR) is 71.5 cm³/mol. The molecule has 7 heteroatoms. The number of anilines is 2. The third-order valence-electron chi connectivity index (χ3n) is 2.06. The number of nitrogens with zero attached hydrogens (tertiary/aromatic N) is 3. The van der Waals surface area contributed by atoms with Crippen molar-refractivity contribution in [3.8, 4) is 6.07 Å². The Morgan fingerprint density at radius 2 is 1.94 bits per heavy atom. The van der Waals surface area contributed by atoms with Crippen LogP contribution in [0, 0.1) is 11.3 Å². The van der Waals surface area contributed by atoms with Crippen molar-refractivity contribution in [2.75, 3.05) is 5.32 Å². The highest BCUT2D eigenvalue weighted by atomic mass is 35.5. The van der Waals surface area contributed by atoms with E-state index in [1.807, 2.05) is 6.07 Å². The number of halogens is 3. The zero-order chi connectivity index (χ0) is 13.1. The second-order valence-corrected chi connectivity index (χ2v) is 4.42. The van der Waals surface area contributed by atoms with Crippen LogP contribution in [0.15, 0.2) is 24.4 Å². The fraction of sp³-hybridized carbons (Fsp3) is 0. The van der Waals surface area contributed by atoms with Crippen molar-refractivity contribution < 1.29 is 0 Å². The van der Waals surface area contributed by atoms with E-state index in [1.165, 1.54) is 6.20 Å². The fourth-order valence-corrected chi connectivity index (χ4v) is 1.69. The van der Waals surface area contributed by atoms with Gasteiger partial charge in [0.25, 0.3) is 0 Å². The van der Waals surface area contributed by atoms with Crippen molar-refractivity contribution in [2.45, 2.75) is 0 Å². The third-order valence-corrected chi connectivity index (χ3v) is 2.85. The lowest BCUT2D eigenvalue weighted by atomic mass is 10.2. The number of rotatable bonds is 2. The highest BCUT2D eigenvalue weighted by Gasteiger charge is 2.08. The molecule has 0 atom stereocenters. The second-order valence-electron chi connectivity index (χ2n) is 3.27. The molecule has 0 aliphatic heterocycles. The van der Waals surface area contributed by atoms with Crippen LogP contribution in [0.25, 0.3) is 0 Å². The highest BCUT2D eigenvalue weighted by Crippen LogP contribution is 2.29. The van der Waals surface area contributed by atoms with E-state index in [0.29, 0.717) is 27.1 Å². The molecule has 4 nitrogen and oxygen atoms in total. The Morgan fingerprint density at radius 1 is 1.17 bits per heavy atom. The molecular weight excluding hydrogens is 295 g/mol. The van der Waals surface area contributed by atoms with E-state index in [0.717, 1.165) is 0 Å². The molecule has 90 valence electrons. The Bertz CT molecular complexity index is 637. The van der Waals surface area contributed by atoms with Gasteiger partial charge in [-0.3, -0.25) is 0 Å². The smallest absolute Gasteiger partial charge is 0.224 e. The lowest BCUT2D eigenvalue weighted by Gasteiger charge is -2.09. The zero-order valence-electron chi connectivity index (χ0n) is 8.78. The molecule has 0 saturated carbocycles. The van der Waals surface area contributed by atoms with Gasteiger partial charge in [0.1, 0.15) is 5.02 Å². The van der Waals surface area contributed by atoms with Gasteiger partial charge >= 0.3 is 0 Å². The lowest BCUT2D eigenvalue weighted by molar-refractivity contribution is 1.17. The standard InChI is InChI=1S/C11H5Cl3N4/c12-7-2-1-6(4-15)3-9(7)17-10-8(13)5-16-11(14)18-10/h1-3,5H,(H,16,17,18).